The lowest BCUT2D eigenvalue weighted by Crippen LogP contribution is -2.41. The molecule has 1 aromatic carbocycles. The predicted molar refractivity (Wildman–Crippen MR) is 105 cm³/mol. The van der Waals surface area contributed by atoms with E-state index < -0.39 is 0 Å². The van der Waals surface area contributed by atoms with Crippen molar-refractivity contribution in [1.82, 2.24) is 25.0 Å². The number of unbranched alkanes of at least 4 members (excludes halogenated alkanes) is 1. The van der Waals surface area contributed by atoms with E-state index in [1.54, 1.807) is 19.7 Å². The fourth-order valence-corrected chi connectivity index (χ4v) is 2.76. The molecule has 0 amide bonds. The zero-order valence-corrected chi connectivity index (χ0v) is 16.3. The second kappa shape index (κ2) is 10.4. The number of aliphatic imine (C=N–C) groups is 1. The summed E-state index contributed by atoms with van der Waals surface area (Å²) in [6.07, 6.45) is 5.62. The molecule has 0 saturated carbocycles. The first-order valence-electron chi connectivity index (χ1n) is 9.04. The van der Waals surface area contributed by atoms with Gasteiger partial charge >= 0.3 is 0 Å². The molecule has 1 N–H and O–H groups in total. The number of aryl methyl sites for hydroxylation is 3. The molecule has 0 saturated heterocycles. The molecule has 7 nitrogen and oxygen atoms in total. The second-order valence-corrected chi connectivity index (χ2v) is 6.47. The van der Waals surface area contributed by atoms with Crippen LogP contribution in [0.1, 0.15) is 24.0 Å². The Hall–Kier alpha value is -2.57. The van der Waals surface area contributed by atoms with Crippen molar-refractivity contribution in [2.45, 2.75) is 33.2 Å². The highest BCUT2D eigenvalue weighted by Gasteiger charge is 2.06. The highest BCUT2D eigenvalue weighted by molar-refractivity contribution is 5.79. The van der Waals surface area contributed by atoms with E-state index in [0.717, 1.165) is 44.2 Å². The molecule has 0 fully saturated rings. The Labute approximate surface area is 156 Å². The summed E-state index contributed by atoms with van der Waals surface area (Å²) in [5, 5.41) is 11.0. The van der Waals surface area contributed by atoms with Crippen molar-refractivity contribution in [3.05, 3.63) is 42.0 Å². The third-order valence-electron chi connectivity index (χ3n) is 4.06. The monoisotopic (exact) mass is 358 g/mol. The lowest BCUT2D eigenvalue weighted by molar-refractivity contribution is 0.281. The van der Waals surface area contributed by atoms with Crippen molar-refractivity contribution in [3.8, 4) is 5.75 Å². The van der Waals surface area contributed by atoms with Crippen molar-refractivity contribution in [3.63, 3.8) is 0 Å². The molecule has 0 unspecified atom stereocenters. The number of nitrogens with one attached hydrogen (secondary N) is 1. The molecule has 2 rings (SSSR count). The van der Waals surface area contributed by atoms with Crippen molar-refractivity contribution >= 4 is 5.96 Å². The first kappa shape index (κ1) is 19.8. The fourth-order valence-electron chi connectivity index (χ4n) is 2.76. The molecule has 0 aliphatic carbocycles. The van der Waals surface area contributed by atoms with Crippen LogP contribution in [0.5, 0.6) is 5.75 Å². The van der Waals surface area contributed by atoms with Crippen LogP contribution in [0.4, 0.5) is 0 Å². The molecule has 2 aromatic rings. The topological polar surface area (TPSA) is 67.6 Å². The summed E-state index contributed by atoms with van der Waals surface area (Å²) in [6.45, 7) is 7.38. The summed E-state index contributed by atoms with van der Waals surface area (Å²) in [6, 6.07) is 6.28. The SMILES string of the molecule is CN=C(NCCCCn1cnnc1)N(C)CCOc1cc(C)cc(C)c1. The van der Waals surface area contributed by atoms with Crippen LogP contribution in [0.15, 0.2) is 35.8 Å². The van der Waals surface area contributed by atoms with Crippen molar-refractivity contribution in [2.24, 2.45) is 4.99 Å². The van der Waals surface area contributed by atoms with Gasteiger partial charge in [0.1, 0.15) is 25.0 Å². The number of likely N-dealkylation sites (N-methyl/N-ethyl adjacent to an activating group) is 1. The van der Waals surface area contributed by atoms with Crippen LogP contribution in [0.2, 0.25) is 0 Å². The molecule has 0 spiro atoms. The lowest BCUT2D eigenvalue weighted by atomic mass is 10.1. The third-order valence-corrected chi connectivity index (χ3v) is 4.06. The van der Waals surface area contributed by atoms with E-state index in [1.807, 2.05) is 11.6 Å². The summed E-state index contributed by atoms with van der Waals surface area (Å²) < 4.78 is 7.87. The van der Waals surface area contributed by atoms with Gasteiger partial charge in [-0.15, -0.1) is 10.2 Å². The average molecular weight is 358 g/mol. The van der Waals surface area contributed by atoms with E-state index in [2.05, 4.69) is 57.5 Å². The quantitative estimate of drug-likeness (QED) is 0.423. The maximum Gasteiger partial charge on any atom is 0.193 e. The fraction of sp³-hybridized carbons (Fsp3) is 0.526. The Kier molecular flexibility index (Phi) is 7.92. The van der Waals surface area contributed by atoms with Crippen molar-refractivity contribution < 1.29 is 4.74 Å². The summed E-state index contributed by atoms with van der Waals surface area (Å²) in [4.78, 5) is 6.43. The van der Waals surface area contributed by atoms with Gasteiger partial charge in [-0.2, -0.15) is 0 Å². The van der Waals surface area contributed by atoms with Gasteiger partial charge in [-0.3, -0.25) is 4.99 Å². The molecule has 7 heteroatoms. The summed E-state index contributed by atoms with van der Waals surface area (Å²) in [5.74, 6) is 1.81. The van der Waals surface area contributed by atoms with Crippen LogP contribution in [0.3, 0.4) is 0 Å². The molecule has 1 aromatic heterocycles. The number of hydrogen-bond acceptors (Lipinski definition) is 4. The molecule has 0 atom stereocenters. The molecule has 1 heterocycles. The normalized spacial score (nSPS) is 11.5. The van der Waals surface area contributed by atoms with Gasteiger partial charge in [0, 0.05) is 27.2 Å². The smallest absolute Gasteiger partial charge is 0.193 e. The van der Waals surface area contributed by atoms with Gasteiger partial charge in [0.15, 0.2) is 5.96 Å². The number of rotatable bonds is 9. The Morgan fingerprint density at radius 3 is 2.50 bits per heavy atom. The Bertz CT molecular complexity index is 663. The predicted octanol–water partition coefficient (Wildman–Crippen LogP) is 2.26. The van der Waals surface area contributed by atoms with Crippen molar-refractivity contribution in [2.75, 3.05) is 33.8 Å². The maximum atomic E-state index is 5.88. The van der Waals surface area contributed by atoms with E-state index in [1.165, 1.54) is 11.1 Å². The van der Waals surface area contributed by atoms with E-state index in [9.17, 15) is 0 Å². The highest BCUT2D eigenvalue weighted by atomic mass is 16.5. The van der Waals surface area contributed by atoms with E-state index in [0.29, 0.717) is 6.61 Å². The Morgan fingerprint density at radius 1 is 1.15 bits per heavy atom. The molecular weight excluding hydrogens is 328 g/mol. The number of aromatic nitrogens is 3. The minimum atomic E-state index is 0.619. The zero-order chi connectivity index (χ0) is 18.8. The largest absolute Gasteiger partial charge is 0.492 e. The molecule has 142 valence electrons. The van der Waals surface area contributed by atoms with Gasteiger partial charge < -0.3 is 19.5 Å². The molecule has 0 aliphatic heterocycles. The minimum Gasteiger partial charge on any atom is -0.492 e. The Balaban J connectivity index is 1.65. The number of guanidine groups is 1. The number of ether oxygens (including phenoxy) is 1. The van der Waals surface area contributed by atoms with E-state index >= 15 is 0 Å². The first-order chi connectivity index (χ1) is 12.6. The van der Waals surface area contributed by atoms with Crippen LogP contribution in [-0.4, -0.2) is 59.4 Å². The van der Waals surface area contributed by atoms with Gasteiger partial charge in [-0.25, -0.2) is 0 Å². The van der Waals surface area contributed by atoms with Gasteiger partial charge in [0.25, 0.3) is 0 Å². The van der Waals surface area contributed by atoms with Crippen LogP contribution < -0.4 is 10.1 Å². The minimum absolute atomic E-state index is 0.619. The van der Waals surface area contributed by atoms with E-state index in [-0.39, 0.29) is 0 Å². The summed E-state index contributed by atoms with van der Waals surface area (Å²) >= 11 is 0. The number of nitrogens with zero attached hydrogens (tertiary/aromatic N) is 5. The van der Waals surface area contributed by atoms with Gasteiger partial charge in [-0.1, -0.05) is 6.07 Å². The van der Waals surface area contributed by atoms with Crippen molar-refractivity contribution in [1.29, 1.82) is 0 Å². The van der Waals surface area contributed by atoms with E-state index in [4.69, 9.17) is 4.74 Å². The maximum absolute atomic E-state index is 5.88. The van der Waals surface area contributed by atoms with Crippen LogP contribution in [-0.2, 0) is 6.54 Å². The lowest BCUT2D eigenvalue weighted by Gasteiger charge is -2.22. The number of hydrogen-bond donors (Lipinski definition) is 1. The highest BCUT2D eigenvalue weighted by Crippen LogP contribution is 2.15. The molecule has 0 bridgehead atoms. The summed E-state index contributed by atoms with van der Waals surface area (Å²) in [5.41, 5.74) is 2.44. The average Bonchev–Trinajstić information content (AvgIpc) is 3.10. The second-order valence-electron chi connectivity index (χ2n) is 6.47. The number of benzene rings is 1. The van der Waals surface area contributed by atoms with Crippen LogP contribution in [0, 0.1) is 13.8 Å². The first-order valence-corrected chi connectivity index (χ1v) is 9.04. The van der Waals surface area contributed by atoms with Gasteiger partial charge in [0.2, 0.25) is 0 Å². The van der Waals surface area contributed by atoms with Gasteiger partial charge in [-0.05, 0) is 49.9 Å². The molecular formula is C19H30N6O. The standard InChI is InChI=1S/C19H30N6O/c1-16-11-17(2)13-18(12-16)26-10-9-24(4)19(20-3)21-7-5-6-8-25-14-22-23-15-25/h11-15H,5-10H2,1-4H3,(H,20,21). The Morgan fingerprint density at radius 2 is 1.85 bits per heavy atom. The third kappa shape index (κ3) is 6.74. The van der Waals surface area contributed by atoms with Gasteiger partial charge in [0.05, 0.1) is 6.54 Å². The van der Waals surface area contributed by atoms with Crippen LogP contribution >= 0.6 is 0 Å². The molecule has 0 radical (unpaired) electrons. The zero-order valence-electron chi connectivity index (χ0n) is 16.3. The molecule has 26 heavy (non-hydrogen) atoms. The summed E-state index contributed by atoms with van der Waals surface area (Å²) in [7, 11) is 3.83. The molecule has 0 aliphatic rings. The van der Waals surface area contributed by atoms with Crippen LogP contribution in [0.25, 0.3) is 0 Å².